The minimum absolute atomic E-state index is 0.0392. The highest BCUT2D eigenvalue weighted by Gasteiger charge is 2.15. The van der Waals surface area contributed by atoms with E-state index in [0.717, 1.165) is 38.0 Å². The predicted octanol–water partition coefficient (Wildman–Crippen LogP) is 5.20. The maximum Gasteiger partial charge on any atom is 0.252 e. The summed E-state index contributed by atoms with van der Waals surface area (Å²) in [6.07, 6.45) is 13.4. The monoisotopic (exact) mass is 374 g/mol. The normalized spacial score (nSPS) is 19.5. The summed E-state index contributed by atoms with van der Waals surface area (Å²) in [5.74, 6) is 0.570. The molecule has 1 aliphatic heterocycles. The average Bonchev–Trinajstić information content (AvgIpc) is 2.63. The van der Waals surface area contributed by atoms with E-state index in [1.807, 2.05) is 18.2 Å². The van der Waals surface area contributed by atoms with Crippen molar-refractivity contribution in [1.82, 2.24) is 10.6 Å². The fraction of sp³-hybridized carbons (Fsp3) is 0.591. The molecule has 0 spiro atoms. The molecule has 0 aromatic heterocycles. The summed E-state index contributed by atoms with van der Waals surface area (Å²) in [5.41, 5.74) is 3.11. The van der Waals surface area contributed by atoms with Gasteiger partial charge in [0.25, 0.3) is 5.91 Å². The molecule has 0 atom stereocenters. The van der Waals surface area contributed by atoms with E-state index in [9.17, 15) is 4.79 Å². The zero-order valence-corrected chi connectivity index (χ0v) is 16.4. The van der Waals surface area contributed by atoms with E-state index >= 15 is 0 Å². The van der Waals surface area contributed by atoms with Crippen molar-refractivity contribution in [3.63, 3.8) is 0 Å². The van der Waals surface area contributed by atoms with Gasteiger partial charge >= 0.3 is 0 Å². The lowest BCUT2D eigenvalue weighted by Gasteiger charge is -2.20. The Morgan fingerprint density at radius 2 is 1.81 bits per heavy atom. The van der Waals surface area contributed by atoms with Gasteiger partial charge in [-0.1, -0.05) is 61.4 Å². The van der Waals surface area contributed by atoms with Crippen molar-refractivity contribution in [3.05, 3.63) is 39.9 Å². The van der Waals surface area contributed by atoms with E-state index in [2.05, 4.69) is 16.7 Å². The molecule has 1 amide bonds. The molecule has 2 fully saturated rings. The lowest BCUT2D eigenvalue weighted by molar-refractivity contribution is 0.0944. The highest BCUT2D eigenvalue weighted by Crippen LogP contribution is 2.23. The first kappa shape index (κ1) is 19.4. The van der Waals surface area contributed by atoms with Crippen LogP contribution in [-0.2, 0) is 0 Å². The number of carbonyl (C=O) groups is 1. The van der Waals surface area contributed by atoms with Crippen LogP contribution in [0.25, 0.3) is 6.08 Å². The molecular formula is C22H31ClN2O. The minimum atomic E-state index is -0.0392. The van der Waals surface area contributed by atoms with Gasteiger partial charge in [0.1, 0.15) is 0 Å². The van der Waals surface area contributed by atoms with Crippen LogP contribution in [0.15, 0.2) is 23.8 Å². The van der Waals surface area contributed by atoms with Crippen LogP contribution >= 0.6 is 11.6 Å². The number of hydrogen-bond donors (Lipinski definition) is 2. The SMILES string of the molecule is O=C(NCC1CCCCCCC1)c1cc(C=C2CCNCC2)ccc1Cl. The van der Waals surface area contributed by atoms with Gasteiger partial charge in [-0.2, -0.15) is 0 Å². The fourth-order valence-corrected chi connectivity index (χ4v) is 4.22. The number of benzene rings is 1. The number of nitrogens with one attached hydrogen (secondary N) is 2. The number of hydrogen-bond acceptors (Lipinski definition) is 2. The third-order valence-electron chi connectivity index (χ3n) is 5.63. The van der Waals surface area contributed by atoms with Crippen molar-refractivity contribution in [1.29, 1.82) is 0 Å². The number of rotatable bonds is 4. The van der Waals surface area contributed by atoms with Gasteiger partial charge < -0.3 is 10.6 Å². The van der Waals surface area contributed by atoms with Crippen molar-refractivity contribution in [2.24, 2.45) is 5.92 Å². The Morgan fingerprint density at radius 3 is 2.54 bits per heavy atom. The summed E-state index contributed by atoms with van der Waals surface area (Å²) in [6.45, 7) is 2.84. The van der Waals surface area contributed by atoms with Crippen molar-refractivity contribution in [3.8, 4) is 0 Å². The second-order valence-electron chi connectivity index (χ2n) is 7.71. The first-order valence-corrected chi connectivity index (χ1v) is 10.6. The maximum atomic E-state index is 12.7. The zero-order chi connectivity index (χ0) is 18.2. The van der Waals surface area contributed by atoms with Crippen LogP contribution in [0.5, 0.6) is 0 Å². The lowest BCUT2D eigenvalue weighted by Crippen LogP contribution is -2.30. The Kier molecular flexibility index (Phi) is 7.57. The third-order valence-corrected chi connectivity index (χ3v) is 5.96. The van der Waals surface area contributed by atoms with E-state index < -0.39 is 0 Å². The fourth-order valence-electron chi connectivity index (χ4n) is 4.01. The quantitative estimate of drug-likeness (QED) is 0.760. The second kappa shape index (κ2) is 10.1. The van der Waals surface area contributed by atoms with Gasteiger partial charge in [-0.25, -0.2) is 0 Å². The number of amides is 1. The molecule has 0 unspecified atom stereocenters. The van der Waals surface area contributed by atoms with Crippen LogP contribution in [0.4, 0.5) is 0 Å². The Morgan fingerprint density at radius 1 is 1.12 bits per heavy atom. The molecule has 4 heteroatoms. The molecule has 3 nitrogen and oxygen atoms in total. The molecule has 1 aromatic rings. The highest BCUT2D eigenvalue weighted by atomic mass is 35.5. The van der Waals surface area contributed by atoms with Gasteiger partial charge in [0.05, 0.1) is 10.6 Å². The van der Waals surface area contributed by atoms with Gasteiger partial charge in [0.2, 0.25) is 0 Å². The number of piperidine rings is 1. The van der Waals surface area contributed by atoms with E-state index in [1.54, 1.807) is 0 Å². The molecule has 0 bridgehead atoms. The van der Waals surface area contributed by atoms with Gasteiger partial charge in [0.15, 0.2) is 0 Å². The lowest BCUT2D eigenvalue weighted by atomic mass is 9.91. The summed E-state index contributed by atoms with van der Waals surface area (Å²) in [6, 6.07) is 5.79. The number of halogens is 1. The van der Waals surface area contributed by atoms with Gasteiger partial charge in [-0.05, 0) is 62.4 Å². The summed E-state index contributed by atoms with van der Waals surface area (Å²) < 4.78 is 0. The van der Waals surface area contributed by atoms with E-state index in [1.165, 1.54) is 50.5 Å². The molecule has 1 aliphatic carbocycles. The maximum absolute atomic E-state index is 12.7. The molecule has 3 rings (SSSR count). The minimum Gasteiger partial charge on any atom is -0.352 e. The van der Waals surface area contributed by atoms with Gasteiger partial charge in [-0.15, -0.1) is 0 Å². The predicted molar refractivity (Wildman–Crippen MR) is 110 cm³/mol. The number of carbonyl (C=O) groups excluding carboxylic acids is 1. The molecule has 2 N–H and O–H groups in total. The standard InChI is InChI=1S/C22H31ClN2O/c23-21-9-8-19(14-17-10-12-24-13-11-17)15-20(21)22(26)25-16-18-6-4-2-1-3-5-7-18/h8-9,14-15,18,24H,1-7,10-13,16H2,(H,25,26). The third kappa shape index (κ3) is 5.85. The Bertz CT molecular complexity index is 625. The average molecular weight is 375 g/mol. The molecule has 1 saturated heterocycles. The molecule has 1 aromatic carbocycles. The molecule has 1 heterocycles. The van der Waals surface area contributed by atoms with Crippen molar-refractivity contribution in [2.75, 3.05) is 19.6 Å². The zero-order valence-electron chi connectivity index (χ0n) is 15.7. The summed E-state index contributed by atoms with van der Waals surface area (Å²) in [5, 5.41) is 7.04. The molecule has 0 radical (unpaired) electrons. The Labute approximate surface area is 162 Å². The largest absolute Gasteiger partial charge is 0.352 e. The van der Waals surface area contributed by atoms with Crippen LogP contribution in [0.2, 0.25) is 5.02 Å². The summed E-state index contributed by atoms with van der Waals surface area (Å²) in [4.78, 5) is 12.7. The van der Waals surface area contributed by atoms with E-state index in [4.69, 9.17) is 11.6 Å². The Balaban J connectivity index is 1.61. The van der Waals surface area contributed by atoms with Crippen LogP contribution in [0, 0.1) is 5.92 Å². The molecule has 26 heavy (non-hydrogen) atoms. The van der Waals surface area contributed by atoms with Crippen molar-refractivity contribution >= 4 is 23.6 Å². The van der Waals surface area contributed by atoms with Crippen LogP contribution < -0.4 is 10.6 Å². The first-order valence-electron chi connectivity index (χ1n) is 10.2. The van der Waals surface area contributed by atoms with Gasteiger partial charge in [0, 0.05) is 6.54 Å². The van der Waals surface area contributed by atoms with Crippen LogP contribution in [0.3, 0.4) is 0 Å². The summed E-state index contributed by atoms with van der Waals surface area (Å²) in [7, 11) is 0. The van der Waals surface area contributed by atoms with Crippen LogP contribution in [-0.4, -0.2) is 25.5 Å². The summed E-state index contributed by atoms with van der Waals surface area (Å²) >= 11 is 6.31. The smallest absolute Gasteiger partial charge is 0.252 e. The van der Waals surface area contributed by atoms with Crippen molar-refractivity contribution in [2.45, 2.75) is 57.8 Å². The molecule has 2 aliphatic rings. The topological polar surface area (TPSA) is 41.1 Å². The van der Waals surface area contributed by atoms with Crippen molar-refractivity contribution < 1.29 is 4.79 Å². The van der Waals surface area contributed by atoms with E-state index in [0.29, 0.717) is 16.5 Å². The second-order valence-corrected chi connectivity index (χ2v) is 8.12. The van der Waals surface area contributed by atoms with E-state index in [-0.39, 0.29) is 5.91 Å². The molecule has 1 saturated carbocycles. The van der Waals surface area contributed by atoms with Crippen LogP contribution in [0.1, 0.15) is 73.7 Å². The van der Waals surface area contributed by atoms with Gasteiger partial charge in [-0.3, -0.25) is 4.79 Å². The Hall–Kier alpha value is -1.32. The molecule has 142 valence electrons. The first-order chi connectivity index (χ1) is 12.7. The molecular weight excluding hydrogens is 344 g/mol. The highest BCUT2D eigenvalue weighted by molar-refractivity contribution is 6.33.